The van der Waals surface area contributed by atoms with Crippen molar-refractivity contribution < 1.29 is 14.6 Å². The number of allylic oxidation sites excluding steroid dienone is 2. The van der Waals surface area contributed by atoms with Crippen molar-refractivity contribution >= 4 is 5.57 Å². The minimum absolute atomic E-state index is 0.354. The Hall–Kier alpha value is -2.36. The third-order valence-corrected chi connectivity index (χ3v) is 5.42. The molecule has 2 aromatic carbocycles. The first-order valence-corrected chi connectivity index (χ1v) is 11.2. The van der Waals surface area contributed by atoms with Crippen LogP contribution in [0.4, 0.5) is 0 Å². The van der Waals surface area contributed by atoms with Crippen LogP contribution in [0.25, 0.3) is 5.57 Å². The largest absolute Gasteiger partial charge is 0.494 e. The quantitative estimate of drug-likeness (QED) is 0.316. The summed E-state index contributed by atoms with van der Waals surface area (Å²) < 4.78 is 11.6. The molecular formula is C27H34O3. The monoisotopic (exact) mass is 406 g/mol. The molecule has 0 heterocycles. The van der Waals surface area contributed by atoms with Gasteiger partial charge in [-0.1, -0.05) is 93.6 Å². The van der Waals surface area contributed by atoms with Gasteiger partial charge in [-0.15, -0.1) is 0 Å². The van der Waals surface area contributed by atoms with Gasteiger partial charge in [0, 0.05) is 6.42 Å². The van der Waals surface area contributed by atoms with Crippen LogP contribution < -0.4 is 4.74 Å². The molecule has 0 radical (unpaired) electrons. The minimum atomic E-state index is -1.26. The van der Waals surface area contributed by atoms with Gasteiger partial charge >= 0.3 is 0 Å². The van der Waals surface area contributed by atoms with Crippen LogP contribution in [0.15, 0.2) is 72.8 Å². The summed E-state index contributed by atoms with van der Waals surface area (Å²) in [5.41, 5.74) is 3.27. The maximum Gasteiger partial charge on any atom is 0.189 e. The molecule has 0 amide bonds. The second-order valence-electron chi connectivity index (χ2n) is 7.96. The molecule has 2 aromatic rings. The molecule has 3 nitrogen and oxygen atoms in total. The predicted molar refractivity (Wildman–Crippen MR) is 123 cm³/mol. The normalized spacial score (nSPS) is 18.3. The Morgan fingerprint density at radius 2 is 1.63 bits per heavy atom. The molecule has 1 atom stereocenters. The Kier molecular flexibility index (Phi) is 8.73. The number of ether oxygens (including phenoxy) is 2. The van der Waals surface area contributed by atoms with Crippen molar-refractivity contribution in [2.24, 2.45) is 0 Å². The van der Waals surface area contributed by atoms with E-state index in [2.05, 4.69) is 19.1 Å². The number of rotatable bonds is 12. The van der Waals surface area contributed by atoms with E-state index in [1.165, 1.54) is 32.1 Å². The SMILES string of the molecule is CCCCCCCCOc1ccc(COC2(O)C=CC(c3ccccc3)=CC2)cc1. The Labute approximate surface area is 181 Å². The van der Waals surface area contributed by atoms with E-state index >= 15 is 0 Å². The van der Waals surface area contributed by atoms with E-state index in [1.807, 2.05) is 54.6 Å². The first-order valence-electron chi connectivity index (χ1n) is 11.2. The van der Waals surface area contributed by atoms with Crippen molar-refractivity contribution in [3.63, 3.8) is 0 Å². The summed E-state index contributed by atoms with van der Waals surface area (Å²) in [7, 11) is 0. The van der Waals surface area contributed by atoms with E-state index < -0.39 is 5.79 Å². The van der Waals surface area contributed by atoms with Gasteiger partial charge in [-0.3, -0.25) is 0 Å². The summed E-state index contributed by atoms with van der Waals surface area (Å²) in [4.78, 5) is 0. The highest BCUT2D eigenvalue weighted by atomic mass is 16.6. The van der Waals surface area contributed by atoms with E-state index in [1.54, 1.807) is 6.08 Å². The van der Waals surface area contributed by atoms with Crippen LogP contribution in [0.3, 0.4) is 0 Å². The van der Waals surface area contributed by atoms with Crippen LogP contribution in [-0.2, 0) is 11.3 Å². The van der Waals surface area contributed by atoms with E-state index in [9.17, 15) is 5.11 Å². The van der Waals surface area contributed by atoms with Crippen LogP contribution in [-0.4, -0.2) is 17.5 Å². The lowest BCUT2D eigenvalue weighted by Crippen LogP contribution is -2.30. The van der Waals surface area contributed by atoms with Crippen molar-refractivity contribution in [1.29, 1.82) is 0 Å². The number of hydrogen-bond acceptors (Lipinski definition) is 3. The summed E-state index contributed by atoms with van der Waals surface area (Å²) in [5.74, 6) is -0.371. The molecule has 0 saturated heterocycles. The van der Waals surface area contributed by atoms with Crippen molar-refractivity contribution in [1.82, 2.24) is 0 Å². The predicted octanol–water partition coefficient (Wildman–Crippen LogP) is 6.67. The number of unbranched alkanes of at least 4 members (excludes halogenated alkanes) is 5. The smallest absolute Gasteiger partial charge is 0.189 e. The molecule has 3 rings (SSSR count). The standard InChI is InChI=1S/C27H34O3/c1-2-3-4-5-6-10-21-29-26-15-13-23(14-16-26)22-30-27(28)19-17-25(18-20-27)24-11-8-7-9-12-24/h7-9,11-19,28H,2-6,10,20-22H2,1H3. The summed E-state index contributed by atoms with van der Waals surface area (Å²) in [6.45, 7) is 3.36. The molecule has 1 aliphatic rings. The molecule has 0 fully saturated rings. The van der Waals surface area contributed by atoms with Crippen molar-refractivity contribution in [3.8, 4) is 5.75 Å². The highest BCUT2D eigenvalue weighted by Crippen LogP contribution is 2.28. The van der Waals surface area contributed by atoms with Gasteiger partial charge in [0.15, 0.2) is 5.79 Å². The maximum absolute atomic E-state index is 10.7. The van der Waals surface area contributed by atoms with E-state index in [-0.39, 0.29) is 0 Å². The van der Waals surface area contributed by atoms with Gasteiger partial charge in [-0.25, -0.2) is 0 Å². The van der Waals surface area contributed by atoms with Gasteiger partial charge in [0.1, 0.15) is 5.75 Å². The van der Waals surface area contributed by atoms with Crippen LogP contribution in [0.2, 0.25) is 0 Å². The lowest BCUT2D eigenvalue weighted by molar-refractivity contribution is -0.172. The summed E-state index contributed by atoms with van der Waals surface area (Å²) in [5, 5.41) is 10.7. The number of hydrogen-bond donors (Lipinski definition) is 1. The van der Waals surface area contributed by atoms with Crippen LogP contribution >= 0.6 is 0 Å². The lowest BCUT2D eigenvalue weighted by atomic mass is 9.96. The molecule has 1 unspecified atom stereocenters. The summed E-state index contributed by atoms with van der Waals surface area (Å²) in [6.07, 6.45) is 13.7. The van der Waals surface area contributed by atoms with Gasteiger partial charge in [-0.05, 0) is 41.3 Å². The zero-order valence-electron chi connectivity index (χ0n) is 18.1. The van der Waals surface area contributed by atoms with Crippen LogP contribution in [0.5, 0.6) is 5.75 Å². The second-order valence-corrected chi connectivity index (χ2v) is 7.96. The fourth-order valence-corrected chi connectivity index (χ4v) is 3.53. The Balaban J connectivity index is 1.39. The number of aliphatic hydroxyl groups is 1. The first-order chi connectivity index (χ1) is 14.7. The highest BCUT2D eigenvalue weighted by Gasteiger charge is 2.26. The minimum Gasteiger partial charge on any atom is -0.494 e. The molecule has 0 bridgehead atoms. The molecule has 30 heavy (non-hydrogen) atoms. The van der Waals surface area contributed by atoms with Crippen molar-refractivity contribution in [3.05, 3.63) is 84.0 Å². The van der Waals surface area contributed by atoms with Crippen molar-refractivity contribution in [2.75, 3.05) is 6.61 Å². The van der Waals surface area contributed by atoms with Crippen LogP contribution in [0, 0.1) is 0 Å². The molecule has 3 heteroatoms. The molecule has 1 aliphatic carbocycles. The summed E-state index contributed by atoms with van der Waals surface area (Å²) in [6, 6.07) is 18.1. The average Bonchev–Trinajstić information content (AvgIpc) is 2.79. The molecular weight excluding hydrogens is 372 g/mol. The molecule has 0 aromatic heterocycles. The molecule has 1 N–H and O–H groups in total. The topological polar surface area (TPSA) is 38.7 Å². The Morgan fingerprint density at radius 1 is 0.900 bits per heavy atom. The third-order valence-electron chi connectivity index (χ3n) is 5.42. The zero-order chi connectivity index (χ0) is 21.1. The van der Waals surface area contributed by atoms with Gasteiger partial charge in [-0.2, -0.15) is 0 Å². The fourth-order valence-electron chi connectivity index (χ4n) is 3.53. The van der Waals surface area contributed by atoms with E-state index in [0.29, 0.717) is 13.0 Å². The maximum atomic E-state index is 10.7. The average molecular weight is 407 g/mol. The van der Waals surface area contributed by atoms with Gasteiger partial charge < -0.3 is 14.6 Å². The molecule has 0 saturated carbocycles. The zero-order valence-corrected chi connectivity index (χ0v) is 18.1. The number of benzene rings is 2. The summed E-state index contributed by atoms with van der Waals surface area (Å²) >= 11 is 0. The molecule has 0 spiro atoms. The van der Waals surface area contributed by atoms with Crippen molar-refractivity contribution in [2.45, 2.75) is 64.3 Å². The Morgan fingerprint density at radius 3 is 2.33 bits per heavy atom. The van der Waals surface area contributed by atoms with Gasteiger partial charge in [0.05, 0.1) is 13.2 Å². The second kappa shape index (κ2) is 11.7. The van der Waals surface area contributed by atoms with Gasteiger partial charge in [0.25, 0.3) is 0 Å². The highest BCUT2D eigenvalue weighted by molar-refractivity contribution is 5.75. The lowest BCUT2D eigenvalue weighted by Gasteiger charge is -2.27. The Bertz CT molecular complexity index is 808. The van der Waals surface area contributed by atoms with E-state index in [4.69, 9.17) is 9.47 Å². The first kappa shape index (κ1) is 22.3. The van der Waals surface area contributed by atoms with Gasteiger partial charge in [0.2, 0.25) is 0 Å². The molecule has 0 aliphatic heterocycles. The van der Waals surface area contributed by atoms with E-state index in [0.717, 1.165) is 35.5 Å². The molecule has 160 valence electrons. The third kappa shape index (κ3) is 7.16. The fraction of sp³-hybridized carbons (Fsp3) is 0.407. The van der Waals surface area contributed by atoms with Crippen LogP contribution in [0.1, 0.15) is 63.0 Å².